The highest BCUT2D eigenvalue weighted by Crippen LogP contribution is 2.26. The van der Waals surface area contributed by atoms with Crippen molar-refractivity contribution in [2.45, 2.75) is 13.0 Å². The minimum Gasteiger partial charge on any atom is -0.398 e. The molecule has 2 aromatic rings. The SMILES string of the molecule is CNC(c1ccc(C)c(F)c1)c1cnccc1N. The van der Waals surface area contributed by atoms with Gasteiger partial charge in [-0.2, -0.15) is 0 Å². The van der Waals surface area contributed by atoms with E-state index in [0.717, 1.165) is 11.1 Å². The van der Waals surface area contributed by atoms with Gasteiger partial charge < -0.3 is 11.1 Å². The summed E-state index contributed by atoms with van der Waals surface area (Å²) < 4.78 is 13.6. The minimum absolute atomic E-state index is 0.159. The molecule has 0 saturated carbocycles. The molecule has 3 nitrogen and oxygen atoms in total. The van der Waals surface area contributed by atoms with Crippen LogP contribution >= 0.6 is 0 Å². The van der Waals surface area contributed by atoms with E-state index < -0.39 is 0 Å². The Labute approximate surface area is 106 Å². The number of aryl methyl sites for hydroxylation is 1. The van der Waals surface area contributed by atoms with E-state index in [1.165, 1.54) is 6.07 Å². The van der Waals surface area contributed by atoms with E-state index in [1.54, 1.807) is 31.5 Å². The van der Waals surface area contributed by atoms with Crippen LogP contribution in [-0.2, 0) is 0 Å². The fraction of sp³-hybridized carbons (Fsp3) is 0.214. The summed E-state index contributed by atoms with van der Waals surface area (Å²) in [6.07, 6.45) is 3.34. The highest BCUT2D eigenvalue weighted by molar-refractivity contribution is 5.49. The molecule has 3 N–H and O–H groups in total. The lowest BCUT2D eigenvalue weighted by molar-refractivity contribution is 0.608. The standard InChI is InChI=1S/C14H16FN3/c1-9-3-4-10(7-12(9)15)14(17-2)11-8-18-6-5-13(11)16/h3-8,14,17H,1-2H3,(H2,16,18). The highest BCUT2D eigenvalue weighted by atomic mass is 19.1. The molecule has 0 aliphatic rings. The van der Waals surface area contributed by atoms with Gasteiger partial charge in [-0.15, -0.1) is 0 Å². The molecule has 0 fully saturated rings. The number of benzene rings is 1. The average Bonchev–Trinajstić information content (AvgIpc) is 2.37. The Morgan fingerprint density at radius 1 is 1.33 bits per heavy atom. The summed E-state index contributed by atoms with van der Waals surface area (Å²) in [5, 5.41) is 3.14. The van der Waals surface area contributed by atoms with Gasteiger partial charge >= 0.3 is 0 Å². The van der Waals surface area contributed by atoms with Crippen molar-refractivity contribution < 1.29 is 4.39 Å². The number of nitrogen functional groups attached to an aromatic ring is 1. The second-order valence-corrected chi connectivity index (χ2v) is 4.23. The van der Waals surface area contributed by atoms with Crippen LogP contribution in [0.3, 0.4) is 0 Å². The summed E-state index contributed by atoms with van der Waals surface area (Å²) in [6.45, 7) is 1.74. The summed E-state index contributed by atoms with van der Waals surface area (Å²) in [4.78, 5) is 4.07. The smallest absolute Gasteiger partial charge is 0.126 e. The number of halogens is 1. The molecular weight excluding hydrogens is 229 g/mol. The van der Waals surface area contributed by atoms with E-state index in [1.807, 2.05) is 13.1 Å². The number of nitrogens with two attached hydrogens (primary N) is 1. The Bertz CT molecular complexity index is 554. The van der Waals surface area contributed by atoms with E-state index in [-0.39, 0.29) is 11.9 Å². The summed E-state index contributed by atoms with van der Waals surface area (Å²) in [5.41, 5.74) is 8.89. The van der Waals surface area contributed by atoms with Crippen LogP contribution < -0.4 is 11.1 Å². The van der Waals surface area contributed by atoms with Crippen molar-refractivity contribution in [2.75, 3.05) is 12.8 Å². The number of nitrogens with zero attached hydrogens (tertiary/aromatic N) is 1. The van der Waals surface area contributed by atoms with Crippen LogP contribution in [0.25, 0.3) is 0 Å². The molecule has 94 valence electrons. The van der Waals surface area contributed by atoms with Crippen LogP contribution in [0.5, 0.6) is 0 Å². The van der Waals surface area contributed by atoms with E-state index in [9.17, 15) is 4.39 Å². The number of anilines is 1. The zero-order valence-corrected chi connectivity index (χ0v) is 10.4. The molecule has 18 heavy (non-hydrogen) atoms. The fourth-order valence-electron chi connectivity index (χ4n) is 1.95. The number of pyridine rings is 1. The molecule has 0 saturated heterocycles. The largest absolute Gasteiger partial charge is 0.398 e. The van der Waals surface area contributed by atoms with Crippen LogP contribution in [0, 0.1) is 12.7 Å². The van der Waals surface area contributed by atoms with Gasteiger partial charge in [0.05, 0.1) is 6.04 Å². The topological polar surface area (TPSA) is 50.9 Å². The molecule has 0 aliphatic heterocycles. The lowest BCUT2D eigenvalue weighted by Crippen LogP contribution is -2.19. The first kappa shape index (κ1) is 12.5. The first-order valence-corrected chi connectivity index (χ1v) is 5.76. The molecule has 0 bridgehead atoms. The van der Waals surface area contributed by atoms with E-state index >= 15 is 0 Å². The predicted octanol–water partition coefficient (Wildman–Crippen LogP) is 2.42. The van der Waals surface area contributed by atoms with Crippen LogP contribution in [0.15, 0.2) is 36.7 Å². The summed E-state index contributed by atoms with van der Waals surface area (Å²) in [7, 11) is 1.81. The number of hydrogen-bond acceptors (Lipinski definition) is 3. The van der Waals surface area contributed by atoms with E-state index in [0.29, 0.717) is 11.3 Å². The second kappa shape index (κ2) is 5.14. The monoisotopic (exact) mass is 245 g/mol. The van der Waals surface area contributed by atoms with Crippen molar-refractivity contribution in [3.8, 4) is 0 Å². The number of hydrogen-bond donors (Lipinski definition) is 2. The lowest BCUT2D eigenvalue weighted by Gasteiger charge is -2.19. The Morgan fingerprint density at radius 2 is 2.11 bits per heavy atom. The third kappa shape index (κ3) is 2.33. The molecule has 1 heterocycles. The van der Waals surface area contributed by atoms with Crippen molar-refractivity contribution in [2.24, 2.45) is 0 Å². The molecule has 2 rings (SSSR count). The maximum absolute atomic E-state index is 13.6. The molecule has 1 unspecified atom stereocenters. The quantitative estimate of drug-likeness (QED) is 0.873. The molecule has 1 aromatic carbocycles. The van der Waals surface area contributed by atoms with Crippen molar-refractivity contribution in [3.05, 3.63) is 59.2 Å². The van der Waals surface area contributed by atoms with Crippen molar-refractivity contribution in [3.63, 3.8) is 0 Å². The number of rotatable bonds is 3. The van der Waals surface area contributed by atoms with Gasteiger partial charge in [0.1, 0.15) is 5.82 Å². The van der Waals surface area contributed by atoms with Crippen LogP contribution in [0.2, 0.25) is 0 Å². The first-order valence-electron chi connectivity index (χ1n) is 5.76. The Balaban J connectivity index is 2.45. The Hall–Kier alpha value is -1.94. The zero-order valence-electron chi connectivity index (χ0n) is 10.4. The average molecular weight is 245 g/mol. The molecule has 0 radical (unpaired) electrons. The Morgan fingerprint density at radius 3 is 2.72 bits per heavy atom. The molecule has 0 spiro atoms. The molecule has 0 amide bonds. The van der Waals surface area contributed by atoms with Gasteiger partial charge in [-0.1, -0.05) is 12.1 Å². The summed E-state index contributed by atoms with van der Waals surface area (Å²) in [5.74, 6) is -0.213. The third-order valence-corrected chi connectivity index (χ3v) is 3.02. The lowest BCUT2D eigenvalue weighted by atomic mass is 9.98. The third-order valence-electron chi connectivity index (χ3n) is 3.02. The van der Waals surface area contributed by atoms with Gasteiger partial charge in [0.2, 0.25) is 0 Å². The van der Waals surface area contributed by atoms with E-state index in [4.69, 9.17) is 5.73 Å². The maximum Gasteiger partial charge on any atom is 0.126 e. The number of aromatic nitrogens is 1. The summed E-state index contributed by atoms with van der Waals surface area (Å²) >= 11 is 0. The van der Waals surface area contributed by atoms with Gasteiger partial charge in [-0.25, -0.2) is 4.39 Å². The number of nitrogens with one attached hydrogen (secondary N) is 1. The zero-order chi connectivity index (χ0) is 13.1. The predicted molar refractivity (Wildman–Crippen MR) is 70.7 cm³/mol. The van der Waals surface area contributed by atoms with Gasteiger partial charge in [0.25, 0.3) is 0 Å². The summed E-state index contributed by atoms with van der Waals surface area (Å²) in [6, 6.07) is 6.77. The van der Waals surface area contributed by atoms with Crippen LogP contribution in [0.4, 0.5) is 10.1 Å². The van der Waals surface area contributed by atoms with Gasteiger partial charge in [-0.05, 0) is 37.2 Å². The van der Waals surface area contributed by atoms with Crippen molar-refractivity contribution in [1.29, 1.82) is 0 Å². The van der Waals surface area contributed by atoms with E-state index in [2.05, 4.69) is 10.3 Å². The van der Waals surface area contributed by atoms with Crippen molar-refractivity contribution in [1.82, 2.24) is 10.3 Å². The van der Waals surface area contributed by atoms with Gasteiger partial charge in [0.15, 0.2) is 0 Å². The fourth-order valence-corrected chi connectivity index (χ4v) is 1.95. The maximum atomic E-state index is 13.6. The molecular formula is C14H16FN3. The minimum atomic E-state index is -0.213. The Kier molecular flexibility index (Phi) is 3.58. The molecule has 0 aliphatic carbocycles. The molecule has 4 heteroatoms. The normalized spacial score (nSPS) is 12.4. The van der Waals surface area contributed by atoms with Crippen LogP contribution in [0.1, 0.15) is 22.7 Å². The highest BCUT2D eigenvalue weighted by Gasteiger charge is 2.15. The molecule has 1 aromatic heterocycles. The van der Waals surface area contributed by atoms with Gasteiger partial charge in [0, 0.05) is 23.6 Å². The van der Waals surface area contributed by atoms with Gasteiger partial charge in [-0.3, -0.25) is 4.98 Å². The second-order valence-electron chi connectivity index (χ2n) is 4.23. The van der Waals surface area contributed by atoms with Crippen molar-refractivity contribution >= 4 is 5.69 Å². The first-order chi connectivity index (χ1) is 8.63. The molecule has 1 atom stereocenters. The van der Waals surface area contributed by atoms with Crippen LogP contribution in [-0.4, -0.2) is 12.0 Å².